The third-order valence-electron chi connectivity index (χ3n) is 5.73. The van der Waals surface area contributed by atoms with E-state index in [2.05, 4.69) is 10.1 Å². The van der Waals surface area contributed by atoms with Gasteiger partial charge >= 0.3 is 5.97 Å². The van der Waals surface area contributed by atoms with Crippen LogP contribution in [0.2, 0.25) is 0 Å². The molecule has 1 aliphatic rings. The van der Waals surface area contributed by atoms with Crippen molar-refractivity contribution in [2.45, 2.75) is 4.90 Å². The van der Waals surface area contributed by atoms with Crippen LogP contribution in [0.15, 0.2) is 77.7 Å². The van der Waals surface area contributed by atoms with E-state index in [1.54, 1.807) is 24.3 Å². The first-order chi connectivity index (χ1) is 16.8. The van der Waals surface area contributed by atoms with Gasteiger partial charge in [-0.1, -0.05) is 6.07 Å². The van der Waals surface area contributed by atoms with Gasteiger partial charge in [-0.2, -0.15) is 4.31 Å². The van der Waals surface area contributed by atoms with Crippen LogP contribution in [-0.4, -0.2) is 57.9 Å². The molecule has 0 spiro atoms. The zero-order valence-electron chi connectivity index (χ0n) is 19.0. The van der Waals surface area contributed by atoms with Gasteiger partial charge in [-0.15, -0.1) is 0 Å². The maximum absolute atomic E-state index is 13.2. The largest absolute Gasteiger partial charge is 0.465 e. The van der Waals surface area contributed by atoms with E-state index in [1.807, 2.05) is 4.90 Å². The Morgan fingerprint density at radius 1 is 0.886 bits per heavy atom. The molecule has 1 amide bonds. The molecular formula is C25H24FN3O5S. The number of halogens is 1. The van der Waals surface area contributed by atoms with Crippen LogP contribution in [0.5, 0.6) is 0 Å². The summed E-state index contributed by atoms with van der Waals surface area (Å²) in [7, 11) is -2.52. The lowest BCUT2D eigenvalue weighted by Crippen LogP contribution is -2.48. The quantitative estimate of drug-likeness (QED) is 0.525. The van der Waals surface area contributed by atoms with Gasteiger partial charge in [0.2, 0.25) is 10.0 Å². The second kappa shape index (κ2) is 10.2. The van der Waals surface area contributed by atoms with Crippen LogP contribution in [-0.2, 0) is 14.8 Å². The predicted octanol–water partition coefficient (Wildman–Crippen LogP) is 3.38. The lowest BCUT2D eigenvalue weighted by atomic mass is 10.2. The lowest BCUT2D eigenvalue weighted by Gasteiger charge is -2.35. The van der Waals surface area contributed by atoms with Crippen LogP contribution in [0.3, 0.4) is 0 Å². The number of hydrogen-bond donors (Lipinski definition) is 1. The number of hydrogen-bond acceptors (Lipinski definition) is 6. The minimum atomic E-state index is -3.81. The molecular weight excluding hydrogens is 473 g/mol. The molecule has 1 aliphatic heterocycles. The molecule has 1 heterocycles. The topological polar surface area (TPSA) is 96.0 Å². The average molecular weight is 498 g/mol. The number of benzene rings is 3. The molecule has 4 rings (SSSR count). The van der Waals surface area contributed by atoms with Crippen LogP contribution >= 0.6 is 0 Å². The highest BCUT2D eigenvalue weighted by Gasteiger charge is 2.29. The summed E-state index contributed by atoms with van der Waals surface area (Å²) in [4.78, 5) is 26.3. The van der Waals surface area contributed by atoms with Crippen molar-refractivity contribution in [1.82, 2.24) is 4.31 Å². The van der Waals surface area contributed by atoms with Crippen molar-refractivity contribution in [2.24, 2.45) is 0 Å². The molecule has 0 unspecified atom stereocenters. The summed E-state index contributed by atoms with van der Waals surface area (Å²) in [5.74, 6) is -1.29. The van der Waals surface area contributed by atoms with Crippen molar-refractivity contribution in [3.63, 3.8) is 0 Å². The van der Waals surface area contributed by atoms with Crippen LogP contribution < -0.4 is 10.2 Å². The van der Waals surface area contributed by atoms with Crippen LogP contribution in [0, 0.1) is 5.82 Å². The standard InChI is InChI=1S/C25H24FN3O5S/c1-34-25(31)18-5-9-21(10-6-18)27-24(30)19-3-2-4-23(17-19)35(32,33)29-15-13-28(14-16-29)22-11-7-20(26)8-12-22/h2-12,17H,13-16H2,1H3,(H,27,30). The van der Waals surface area contributed by atoms with Gasteiger partial charge in [0, 0.05) is 43.1 Å². The summed E-state index contributed by atoms with van der Waals surface area (Å²) in [5.41, 5.74) is 1.82. The van der Waals surface area contributed by atoms with Crippen molar-refractivity contribution in [1.29, 1.82) is 0 Å². The van der Waals surface area contributed by atoms with E-state index in [9.17, 15) is 22.4 Å². The van der Waals surface area contributed by atoms with Gasteiger partial charge in [-0.25, -0.2) is 17.6 Å². The molecule has 182 valence electrons. The maximum atomic E-state index is 13.2. The summed E-state index contributed by atoms with van der Waals surface area (Å²) in [5, 5.41) is 2.70. The molecule has 1 fully saturated rings. The second-order valence-corrected chi connectivity index (χ2v) is 9.86. The number of sulfonamides is 1. The number of amides is 1. The first kappa shape index (κ1) is 24.4. The molecule has 0 saturated carbocycles. The Hall–Kier alpha value is -3.76. The van der Waals surface area contributed by atoms with Crippen molar-refractivity contribution < 1.29 is 27.1 Å². The number of anilines is 2. The molecule has 3 aromatic carbocycles. The van der Waals surface area contributed by atoms with Gasteiger partial charge < -0.3 is 15.0 Å². The highest BCUT2D eigenvalue weighted by molar-refractivity contribution is 7.89. The summed E-state index contributed by atoms with van der Waals surface area (Å²) < 4.78 is 45.7. The number of esters is 1. The third kappa shape index (κ3) is 5.50. The number of carbonyl (C=O) groups excluding carboxylic acids is 2. The van der Waals surface area contributed by atoms with Crippen molar-refractivity contribution in [3.8, 4) is 0 Å². The van der Waals surface area contributed by atoms with Crippen LogP contribution in [0.4, 0.5) is 15.8 Å². The molecule has 1 saturated heterocycles. The Kier molecular flexibility index (Phi) is 7.13. The summed E-state index contributed by atoms with van der Waals surface area (Å²) in [6, 6.07) is 18.1. The van der Waals surface area contributed by atoms with E-state index in [0.717, 1.165) is 5.69 Å². The number of carbonyl (C=O) groups is 2. The maximum Gasteiger partial charge on any atom is 0.337 e. The van der Waals surface area contributed by atoms with Crippen molar-refractivity contribution in [2.75, 3.05) is 43.5 Å². The molecule has 0 atom stereocenters. The van der Waals surface area contributed by atoms with E-state index in [1.165, 1.54) is 59.9 Å². The fourth-order valence-corrected chi connectivity index (χ4v) is 5.26. The normalized spacial score (nSPS) is 14.4. The Morgan fingerprint density at radius 2 is 1.54 bits per heavy atom. The fraction of sp³-hybridized carbons (Fsp3) is 0.200. The van der Waals surface area contributed by atoms with Gasteiger partial charge in [-0.05, 0) is 66.7 Å². The molecule has 0 radical (unpaired) electrons. The monoisotopic (exact) mass is 497 g/mol. The van der Waals surface area contributed by atoms with E-state index in [0.29, 0.717) is 24.3 Å². The van der Waals surface area contributed by atoms with Crippen molar-refractivity contribution in [3.05, 3.63) is 89.7 Å². The van der Waals surface area contributed by atoms with Crippen LogP contribution in [0.25, 0.3) is 0 Å². The number of rotatable bonds is 6. The average Bonchev–Trinajstić information content (AvgIpc) is 2.89. The molecule has 10 heteroatoms. The molecule has 0 aromatic heterocycles. The van der Waals surface area contributed by atoms with E-state index < -0.39 is 21.9 Å². The summed E-state index contributed by atoms with van der Waals surface area (Å²) in [6.45, 7) is 1.46. The Labute approximate surface area is 203 Å². The zero-order valence-corrected chi connectivity index (χ0v) is 19.8. The van der Waals surface area contributed by atoms with Gasteiger partial charge in [0.25, 0.3) is 5.91 Å². The number of methoxy groups -OCH3 is 1. The van der Waals surface area contributed by atoms with E-state index >= 15 is 0 Å². The molecule has 35 heavy (non-hydrogen) atoms. The first-order valence-electron chi connectivity index (χ1n) is 10.9. The Balaban J connectivity index is 1.43. The number of piperazine rings is 1. The second-order valence-electron chi connectivity index (χ2n) is 7.92. The van der Waals surface area contributed by atoms with Gasteiger partial charge in [0.1, 0.15) is 5.82 Å². The molecule has 1 N–H and O–H groups in total. The molecule has 0 bridgehead atoms. The fourth-order valence-electron chi connectivity index (χ4n) is 3.80. The lowest BCUT2D eigenvalue weighted by molar-refractivity contribution is 0.0600. The summed E-state index contributed by atoms with van der Waals surface area (Å²) >= 11 is 0. The Morgan fingerprint density at radius 3 is 2.17 bits per heavy atom. The minimum Gasteiger partial charge on any atom is -0.465 e. The highest BCUT2D eigenvalue weighted by Crippen LogP contribution is 2.22. The van der Waals surface area contributed by atoms with E-state index in [-0.39, 0.29) is 29.4 Å². The minimum absolute atomic E-state index is 0.0291. The number of nitrogens with zero attached hydrogens (tertiary/aromatic N) is 2. The smallest absolute Gasteiger partial charge is 0.337 e. The summed E-state index contributed by atoms with van der Waals surface area (Å²) in [6.07, 6.45) is 0. The number of nitrogens with one attached hydrogen (secondary N) is 1. The van der Waals surface area contributed by atoms with Gasteiger partial charge in [0.05, 0.1) is 17.6 Å². The molecule has 0 aliphatic carbocycles. The predicted molar refractivity (Wildman–Crippen MR) is 130 cm³/mol. The van der Waals surface area contributed by atoms with Crippen LogP contribution in [0.1, 0.15) is 20.7 Å². The van der Waals surface area contributed by atoms with Gasteiger partial charge in [0.15, 0.2) is 0 Å². The highest BCUT2D eigenvalue weighted by atomic mass is 32.2. The first-order valence-corrected chi connectivity index (χ1v) is 12.3. The molecule has 8 nitrogen and oxygen atoms in total. The number of ether oxygens (including phenoxy) is 1. The van der Waals surface area contributed by atoms with Gasteiger partial charge in [-0.3, -0.25) is 4.79 Å². The van der Waals surface area contributed by atoms with E-state index in [4.69, 9.17) is 0 Å². The SMILES string of the molecule is COC(=O)c1ccc(NC(=O)c2cccc(S(=O)(=O)N3CCN(c4ccc(F)cc4)CC3)c2)cc1. The molecule has 3 aromatic rings. The zero-order chi connectivity index (χ0) is 25.0. The Bertz CT molecular complexity index is 1320. The third-order valence-corrected chi connectivity index (χ3v) is 7.62. The van der Waals surface area contributed by atoms with Crippen molar-refractivity contribution >= 4 is 33.3 Å².